The minimum absolute atomic E-state index is 0.274. The number of nitrogens with one attached hydrogen (secondary N) is 3. The van der Waals surface area contributed by atoms with Crippen molar-refractivity contribution in [3.05, 3.63) is 47.8 Å². The molecule has 1 unspecified atom stereocenters. The number of nitrogens with zero attached hydrogens (tertiary/aromatic N) is 6. The van der Waals surface area contributed by atoms with Crippen LogP contribution in [0.4, 0.5) is 0 Å². The van der Waals surface area contributed by atoms with Gasteiger partial charge in [-0.25, -0.2) is 14.6 Å². The highest BCUT2D eigenvalue weighted by Gasteiger charge is 2.23. The fourth-order valence-corrected chi connectivity index (χ4v) is 3.44. The van der Waals surface area contributed by atoms with Crippen molar-refractivity contribution in [2.24, 2.45) is 4.99 Å². The molecule has 0 saturated carbocycles. The molecule has 0 fully saturated rings. The SMILES string of the molecule is CN=C(NCc1cccc(-c2ncn[nH]2)c1)NC1CCc2nc(C(C)C)nn2C1. The molecule has 1 aliphatic rings. The Morgan fingerprint density at radius 1 is 1.38 bits per heavy atom. The minimum atomic E-state index is 0.274. The molecular formula is C20H27N9. The van der Waals surface area contributed by atoms with Gasteiger partial charge in [-0.05, 0) is 18.1 Å². The van der Waals surface area contributed by atoms with Gasteiger partial charge in [-0.3, -0.25) is 10.1 Å². The zero-order valence-electron chi connectivity index (χ0n) is 17.1. The summed E-state index contributed by atoms with van der Waals surface area (Å²) in [6, 6.07) is 8.48. The molecule has 0 radical (unpaired) electrons. The van der Waals surface area contributed by atoms with Crippen LogP contribution in [0.5, 0.6) is 0 Å². The molecular weight excluding hydrogens is 366 g/mol. The lowest BCUT2D eigenvalue weighted by molar-refractivity contribution is 0.391. The number of fused-ring (bicyclic) bond motifs is 1. The maximum absolute atomic E-state index is 4.66. The van der Waals surface area contributed by atoms with Gasteiger partial charge in [-0.1, -0.05) is 32.0 Å². The van der Waals surface area contributed by atoms with Gasteiger partial charge in [0.15, 0.2) is 17.6 Å². The molecule has 3 aromatic rings. The van der Waals surface area contributed by atoms with Crippen LogP contribution < -0.4 is 10.6 Å². The van der Waals surface area contributed by atoms with E-state index in [2.05, 4.69) is 66.9 Å². The number of aromatic nitrogens is 6. The highest BCUT2D eigenvalue weighted by molar-refractivity contribution is 5.80. The molecule has 1 atom stereocenters. The predicted molar refractivity (Wildman–Crippen MR) is 111 cm³/mol. The van der Waals surface area contributed by atoms with E-state index in [1.165, 1.54) is 6.33 Å². The molecule has 2 aromatic heterocycles. The summed E-state index contributed by atoms with van der Waals surface area (Å²) in [6.45, 7) is 5.72. The van der Waals surface area contributed by atoms with Crippen LogP contribution in [0.1, 0.15) is 43.4 Å². The van der Waals surface area contributed by atoms with Crippen LogP contribution in [-0.2, 0) is 19.5 Å². The van der Waals surface area contributed by atoms with Gasteiger partial charge in [0.2, 0.25) is 0 Å². The number of aliphatic imine (C=N–C) groups is 1. The van der Waals surface area contributed by atoms with Gasteiger partial charge in [-0.2, -0.15) is 10.2 Å². The van der Waals surface area contributed by atoms with Crippen LogP contribution in [0.3, 0.4) is 0 Å². The van der Waals surface area contributed by atoms with Gasteiger partial charge >= 0.3 is 0 Å². The Labute approximate surface area is 170 Å². The van der Waals surface area contributed by atoms with Crippen molar-refractivity contribution >= 4 is 5.96 Å². The Hall–Kier alpha value is -3.23. The molecule has 9 heteroatoms. The lowest BCUT2D eigenvalue weighted by Crippen LogP contribution is -2.46. The quantitative estimate of drug-likeness (QED) is 0.451. The standard InChI is InChI=1S/C20H27N9/c1-13(2)18-26-17-8-7-16(11-29(17)28-18)25-20(21-3)22-10-14-5-4-6-15(9-14)19-23-12-24-27-19/h4-6,9,12-13,16H,7-8,10-11H2,1-3H3,(H2,21,22,25)(H,23,24,27). The number of aromatic amines is 1. The highest BCUT2D eigenvalue weighted by atomic mass is 15.4. The van der Waals surface area contributed by atoms with Crippen molar-refractivity contribution in [2.75, 3.05) is 7.05 Å². The van der Waals surface area contributed by atoms with Crippen LogP contribution >= 0.6 is 0 Å². The molecule has 152 valence electrons. The Balaban J connectivity index is 1.35. The summed E-state index contributed by atoms with van der Waals surface area (Å²) in [4.78, 5) is 13.2. The van der Waals surface area contributed by atoms with Crippen LogP contribution in [0.2, 0.25) is 0 Å². The first-order valence-electron chi connectivity index (χ1n) is 9.98. The van der Waals surface area contributed by atoms with Crippen LogP contribution in [-0.4, -0.2) is 49.0 Å². The molecule has 0 amide bonds. The van der Waals surface area contributed by atoms with E-state index in [1.54, 1.807) is 7.05 Å². The fraction of sp³-hybridized carbons (Fsp3) is 0.450. The molecule has 0 saturated heterocycles. The molecule has 29 heavy (non-hydrogen) atoms. The largest absolute Gasteiger partial charge is 0.352 e. The van der Waals surface area contributed by atoms with E-state index in [0.717, 1.165) is 53.9 Å². The minimum Gasteiger partial charge on any atom is -0.352 e. The lowest BCUT2D eigenvalue weighted by Gasteiger charge is -2.25. The number of aryl methyl sites for hydroxylation is 1. The monoisotopic (exact) mass is 393 g/mol. The van der Waals surface area contributed by atoms with E-state index < -0.39 is 0 Å². The molecule has 1 aliphatic heterocycles. The summed E-state index contributed by atoms with van der Waals surface area (Å²) < 4.78 is 2.03. The van der Waals surface area contributed by atoms with E-state index in [-0.39, 0.29) is 6.04 Å². The molecule has 0 bridgehead atoms. The van der Waals surface area contributed by atoms with E-state index in [1.807, 2.05) is 16.8 Å². The number of hydrogen-bond donors (Lipinski definition) is 3. The van der Waals surface area contributed by atoms with Crippen LogP contribution in [0.25, 0.3) is 11.4 Å². The normalized spacial score (nSPS) is 16.7. The molecule has 9 nitrogen and oxygen atoms in total. The van der Waals surface area contributed by atoms with Crippen molar-refractivity contribution in [1.82, 2.24) is 40.6 Å². The van der Waals surface area contributed by atoms with E-state index in [9.17, 15) is 0 Å². The molecule has 0 aliphatic carbocycles. The summed E-state index contributed by atoms with van der Waals surface area (Å²) in [5, 5.41) is 18.4. The molecule has 0 spiro atoms. The molecule has 1 aromatic carbocycles. The summed E-state index contributed by atoms with van der Waals surface area (Å²) in [6.07, 6.45) is 3.45. The van der Waals surface area contributed by atoms with Gasteiger partial charge in [0.05, 0.1) is 6.54 Å². The van der Waals surface area contributed by atoms with Crippen molar-refractivity contribution in [2.45, 2.75) is 51.7 Å². The number of benzene rings is 1. The van der Waals surface area contributed by atoms with Gasteiger partial charge in [0.1, 0.15) is 12.2 Å². The van der Waals surface area contributed by atoms with Gasteiger partial charge in [-0.15, -0.1) is 0 Å². The fourth-order valence-electron chi connectivity index (χ4n) is 3.44. The first-order chi connectivity index (χ1) is 14.1. The summed E-state index contributed by atoms with van der Waals surface area (Å²) in [5.74, 6) is 3.91. The zero-order valence-corrected chi connectivity index (χ0v) is 17.1. The average Bonchev–Trinajstić information content (AvgIpc) is 3.41. The second-order valence-electron chi connectivity index (χ2n) is 7.56. The summed E-state index contributed by atoms with van der Waals surface area (Å²) >= 11 is 0. The van der Waals surface area contributed by atoms with Gasteiger partial charge in [0, 0.05) is 37.5 Å². The number of hydrogen-bond acceptors (Lipinski definition) is 5. The van der Waals surface area contributed by atoms with E-state index in [4.69, 9.17) is 0 Å². The second-order valence-corrected chi connectivity index (χ2v) is 7.56. The third kappa shape index (κ3) is 4.44. The first kappa shape index (κ1) is 19.1. The smallest absolute Gasteiger partial charge is 0.191 e. The highest BCUT2D eigenvalue weighted by Crippen LogP contribution is 2.17. The predicted octanol–water partition coefficient (Wildman–Crippen LogP) is 1.87. The average molecular weight is 393 g/mol. The maximum Gasteiger partial charge on any atom is 0.191 e. The van der Waals surface area contributed by atoms with Crippen molar-refractivity contribution in [1.29, 1.82) is 0 Å². The van der Waals surface area contributed by atoms with Gasteiger partial charge in [0.25, 0.3) is 0 Å². The third-order valence-corrected chi connectivity index (χ3v) is 5.03. The Bertz CT molecular complexity index is 972. The number of guanidine groups is 1. The molecule has 3 heterocycles. The van der Waals surface area contributed by atoms with Crippen LogP contribution in [0, 0.1) is 0 Å². The Morgan fingerprint density at radius 2 is 2.28 bits per heavy atom. The number of rotatable bonds is 5. The summed E-state index contributed by atoms with van der Waals surface area (Å²) in [7, 11) is 1.79. The number of H-pyrrole nitrogens is 1. The lowest BCUT2D eigenvalue weighted by atomic mass is 10.1. The third-order valence-electron chi connectivity index (χ3n) is 5.03. The topological polar surface area (TPSA) is 109 Å². The Morgan fingerprint density at radius 3 is 3.03 bits per heavy atom. The Kier molecular flexibility index (Phi) is 5.55. The first-order valence-corrected chi connectivity index (χ1v) is 9.98. The van der Waals surface area contributed by atoms with Crippen LogP contribution in [0.15, 0.2) is 35.6 Å². The van der Waals surface area contributed by atoms with Gasteiger partial charge < -0.3 is 10.6 Å². The summed E-state index contributed by atoms with van der Waals surface area (Å²) in [5.41, 5.74) is 2.15. The second kappa shape index (κ2) is 8.42. The van der Waals surface area contributed by atoms with Crippen molar-refractivity contribution in [3.63, 3.8) is 0 Å². The maximum atomic E-state index is 4.66. The molecule has 4 rings (SSSR count). The van der Waals surface area contributed by atoms with Crippen molar-refractivity contribution < 1.29 is 0 Å². The van der Waals surface area contributed by atoms with E-state index in [0.29, 0.717) is 12.5 Å². The molecule has 3 N–H and O–H groups in total. The zero-order chi connectivity index (χ0) is 20.2. The van der Waals surface area contributed by atoms with Crippen molar-refractivity contribution in [3.8, 4) is 11.4 Å². The van der Waals surface area contributed by atoms with E-state index >= 15 is 0 Å².